The lowest BCUT2D eigenvalue weighted by molar-refractivity contribution is 0.220. The van der Waals surface area contributed by atoms with Crippen molar-refractivity contribution in [2.45, 2.75) is 19.8 Å². The fourth-order valence-electron chi connectivity index (χ4n) is 2.85. The second-order valence-electron chi connectivity index (χ2n) is 5.85. The second kappa shape index (κ2) is 7.49. The van der Waals surface area contributed by atoms with Crippen molar-refractivity contribution >= 4 is 16.5 Å². The van der Waals surface area contributed by atoms with Crippen molar-refractivity contribution in [3.8, 4) is 17.6 Å². The third kappa shape index (κ3) is 3.77. The van der Waals surface area contributed by atoms with Crippen molar-refractivity contribution in [3.05, 3.63) is 28.8 Å². The second-order valence-corrected chi connectivity index (χ2v) is 7.01. The van der Waals surface area contributed by atoms with Crippen molar-refractivity contribution in [1.29, 1.82) is 5.26 Å². The summed E-state index contributed by atoms with van der Waals surface area (Å²) in [5.74, 6) is 1.71. The smallest absolute Gasteiger partial charge is 0.208 e. The molecule has 0 amide bonds. The molecule has 126 valence electrons. The Hall–Kier alpha value is -2.33. The molecule has 1 aromatic carbocycles. The Labute approximate surface area is 145 Å². The maximum Gasteiger partial charge on any atom is 0.208 e. The summed E-state index contributed by atoms with van der Waals surface area (Å²) in [6, 6.07) is 7.35. The highest BCUT2D eigenvalue weighted by molar-refractivity contribution is 7.15. The first-order valence-electron chi connectivity index (χ1n) is 7.95. The summed E-state index contributed by atoms with van der Waals surface area (Å²) in [5, 5.41) is 19.3. The molecule has 1 saturated heterocycles. The van der Waals surface area contributed by atoms with Gasteiger partial charge in [-0.05, 0) is 31.9 Å². The topological polar surface area (TPSA) is 71.3 Å². The van der Waals surface area contributed by atoms with Crippen molar-refractivity contribution in [2.24, 2.45) is 5.92 Å². The van der Waals surface area contributed by atoms with Crippen LogP contribution in [0.2, 0.25) is 0 Å². The first kappa shape index (κ1) is 16.5. The number of anilines is 1. The molecule has 3 rings (SSSR count). The van der Waals surface area contributed by atoms with E-state index in [1.54, 1.807) is 36.6 Å². The van der Waals surface area contributed by atoms with Gasteiger partial charge in [-0.1, -0.05) is 11.3 Å². The first-order chi connectivity index (χ1) is 11.7. The van der Waals surface area contributed by atoms with Crippen LogP contribution in [-0.4, -0.2) is 37.0 Å². The summed E-state index contributed by atoms with van der Waals surface area (Å²) in [6.07, 6.45) is 2.25. The SMILES string of the molecule is COc1cc(C#N)ccc1OCC1CCCN(c2nnc(C)s2)C1. The number of methoxy groups -OCH3 is 1. The highest BCUT2D eigenvalue weighted by atomic mass is 32.1. The monoisotopic (exact) mass is 344 g/mol. The Morgan fingerprint density at radius 3 is 2.96 bits per heavy atom. The Morgan fingerprint density at radius 2 is 2.25 bits per heavy atom. The molecule has 1 atom stereocenters. The minimum absolute atomic E-state index is 0.434. The molecule has 6 nitrogen and oxygen atoms in total. The van der Waals surface area contributed by atoms with E-state index in [4.69, 9.17) is 14.7 Å². The number of aryl methyl sites for hydroxylation is 1. The fraction of sp³-hybridized carbons (Fsp3) is 0.471. The molecule has 0 N–H and O–H groups in total. The predicted molar refractivity (Wildman–Crippen MR) is 92.8 cm³/mol. The van der Waals surface area contributed by atoms with Crippen LogP contribution in [-0.2, 0) is 0 Å². The van der Waals surface area contributed by atoms with E-state index >= 15 is 0 Å². The van der Waals surface area contributed by atoms with Crippen molar-refractivity contribution < 1.29 is 9.47 Å². The van der Waals surface area contributed by atoms with Crippen molar-refractivity contribution in [2.75, 3.05) is 31.7 Å². The van der Waals surface area contributed by atoms with Gasteiger partial charge in [-0.15, -0.1) is 10.2 Å². The molecule has 0 aliphatic carbocycles. The Kier molecular flexibility index (Phi) is 5.16. The standard InChI is InChI=1S/C17H20N4O2S/c1-12-19-20-17(24-12)21-7-3-4-14(10-21)11-23-15-6-5-13(9-18)8-16(15)22-2/h5-6,8,14H,3-4,7,10-11H2,1-2H3. The molecule has 1 aliphatic rings. The number of nitrogens with zero attached hydrogens (tertiary/aromatic N) is 4. The molecule has 2 heterocycles. The normalized spacial score (nSPS) is 17.4. The van der Waals surface area contributed by atoms with Crippen molar-refractivity contribution in [1.82, 2.24) is 10.2 Å². The Bertz CT molecular complexity index is 740. The van der Waals surface area contributed by atoms with E-state index in [1.807, 2.05) is 6.92 Å². The van der Waals surface area contributed by atoms with Crippen LogP contribution < -0.4 is 14.4 Å². The van der Waals surface area contributed by atoms with Gasteiger partial charge in [0, 0.05) is 25.1 Å². The zero-order valence-corrected chi connectivity index (χ0v) is 14.7. The number of hydrogen-bond donors (Lipinski definition) is 0. The van der Waals surface area contributed by atoms with E-state index in [0.717, 1.165) is 36.1 Å². The lowest BCUT2D eigenvalue weighted by Crippen LogP contribution is -2.37. The number of benzene rings is 1. The van der Waals surface area contributed by atoms with E-state index in [-0.39, 0.29) is 0 Å². The molecule has 1 aliphatic heterocycles. The summed E-state index contributed by atoms with van der Waals surface area (Å²) in [5.41, 5.74) is 0.565. The average Bonchev–Trinajstić information content (AvgIpc) is 3.06. The lowest BCUT2D eigenvalue weighted by Gasteiger charge is -2.32. The zero-order chi connectivity index (χ0) is 16.9. The quantitative estimate of drug-likeness (QED) is 0.830. The summed E-state index contributed by atoms with van der Waals surface area (Å²) < 4.78 is 11.3. The van der Waals surface area contributed by atoms with E-state index < -0.39 is 0 Å². The first-order valence-corrected chi connectivity index (χ1v) is 8.77. The van der Waals surface area contributed by atoms with E-state index in [9.17, 15) is 0 Å². The van der Waals surface area contributed by atoms with Crippen LogP contribution in [0.3, 0.4) is 0 Å². The molecular weight excluding hydrogens is 324 g/mol. The van der Waals surface area contributed by atoms with Gasteiger partial charge in [-0.2, -0.15) is 5.26 Å². The number of piperidine rings is 1. The van der Waals surface area contributed by atoms with Crippen LogP contribution in [0.25, 0.3) is 0 Å². The number of rotatable bonds is 5. The van der Waals surface area contributed by atoms with Crippen LogP contribution in [0.5, 0.6) is 11.5 Å². The fourth-order valence-corrected chi connectivity index (χ4v) is 3.58. The summed E-state index contributed by atoms with van der Waals surface area (Å²) in [6.45, 7) is 4.54. The maximum absolute atomic E-state index is 8.96. The third-order valence-electron chi connectivity index (χ3n) is 4.07. The predicted octanol–water partition coefficient (Wildman–Crippen LogP) is 3.02. The summed E-state index contributed by atoms with van der Waals surface area (Å²) >= 11 is 1.63. The number of hydrogen-bond acceptors (Lipinski definition) is 7. The van der Waals surface area contributed by atoms with Gasteiger partial charge in [0.25, 0.3) is 0 Å². The van der Waals surface area contributed by atoms with Gasteiger partial charge in [0.15, 0.2) is 11.5 Å². The lowest BCUT2D eigenvalue weighted by atomic mass is 9.99. The Morgan fingerprint density at radius 1 is 1.38 bits per heavy atom. The molecule has 2 aromatic rings. The molecular formula is C17H20N4O2S. The molecule has 7 heteroatoms. The molecule has 0 spiro atoms. The Balaban J connectivity index is 1.61. The number of ether oxygens (including phenoxy) is 2. The van der Waals surface area contributed by atoms with E-state index in [0.29, 0.717) is 29.6 Å². The average molecular weight is 344 g/mol. The molecule has 1 unspecified atom stereocenters. The number of aromatic nitrogens is 2. The van der Waals surface area contributed by atoms with E-state index in [2.05, 4.69) is 21.2 Å². The van der Waals surface area contributed by atoms with Crippen LogP contribution in [0, 0.1) is 24.2 Å². The van der Waals surface area contributed by atoms with Gasteiger partial charge in [0.05, 0.1) is 25.3 Å². The molecule has 0 bridgehead atoms. The third-order valence-corrected chi connectivity index (χ3v) is 4.97. The molecule has 1 aromatic heterocycles. The van der Waals surface area contributed by atoms with Gasteiger partial charge in [-0.3, -0.25) is 0 Å². The molecule has 1 fully saturated rings. The van der Waals surface area contributed by atoms with Crippen LogP contribution in [0.15, 0.2) is 18.2 Å². The van der Waals surface area contributed by atoms with E-state index in [1.165, 1.54) is 0 Å². The van der Waals surface area contributed by atoms with Gasteiger partial charge >= 0.3 is 0 Å². The van der Waals surface area contributed by atoms with Crippen LogP contribution in [0.4, 0.5) is 5.13 Å². The highest BCUT2D eigenvalue weighted by Gasteiger charge is 2.23. The highest BCUT2D eigenvalue weighted by Crippen LogP contribution is 2.30. The van der Waals surface area contributed by atoms with Crippen LogP contribution >= 0.6 is 11.3 Å². The zero-order valence-electron chi connectivity index (χ0n) is 13.9. The van der Waals surface area contributed by atoms with Crippen LogP contribution in [0.1, 0.15) is 23.4 Å². The largest absolute Gasteiger partial charge is 0.493 e. The molecule has 24 heavy (non-hydrogen) atoms. The summed E-state index contributed by atoms with van der Waals surface area (Å²) in [4.78, 5) is 2.29. The summed E-state index contributed by atoms with van der Waals surface area (Å²) in [7, 11) is 1.59. The van der Waals surface area contributed by atoms with Gasteiger partial charge in [0.1, 0.15) is 5.01 Å². The minimum Gasteiger partial charge on any atom is -0.493 e. The molecule has 0 radical (unpaired) electrons. The van der Waals surface area contributed by atoms with Crippen molar-refractivity contribution in [3.63, 3.8) is 0 Å². The van der Waals surface area contributed by atoms with Gasteiger partial charge in [0.2, 0.25) is 5.13 Å². The minimum atomic E-state index is 0.434. The molecule has 0 saturated carbocycles. The number of nitriles is 1. The van der Waals surface area contributed by atoms with Gasteiger partial charge < -0.3 is 14.4 Å². The maximum atomic E-state index is 8.96. The van der Waals surface area contributed by atoms with Gasteiger partial charge in [-0.25, -0.2) is 0 Å².